The molecule has 6 nitrogen and oxygen atoms in total. The number of nitrogens with two attached hydrogens (primary N) is 2. The van der Waals surface area contributed by atoms with Crippen LogP contribution in [0.2, 0.25) is 0 Å². The van der Waals surface area contributed by atoms with E-state index < -0.39 is 5.97 Å². The van der Waals surface area contributed by atoms with Crippen molar-refractivity contribution in [3.8, 4) is 22.5 Å². The summed E-state index contributed by atoms with van der Waals surface area (Å²) in [4.78, 5) is 12.5. The third-order valence-corrected chi connectivity index (χ3v) is 5.64. The molecule has 4 rings (SSSR count). The molecule has 1 heterocycles. The number of benzene rings is 3. The Hall–Kier alpha value is -3.80. The number of methoxy groups -OCH3 is 1. The molecule has 2 aliphatic rings. The zero-order valence-electron chi connectivity index (χ0n) is 17.9. The van der Waals surface area contributed by atoms with Gasteiger partial charge in [0.25, 0.3) is 0 Å². The van der Waals surface area contributed by atoms with Gasteiger partial charge in [0.05, 0.1) is 30.1 Å². The van der Waals surface area contributed by atoms with E-state index in [9.17, 15) is 4.79 Å². The lowest BCUT2D eigenvalue weighted by atomic mass is 9.90. The van der Waals surface area contributed by atoms with Crippen LogP contribution in [0, 0.1) is 0 Å². The summed E-state index contributed by atoms with van der Waals surface area (Å²) in [5.74, 6) is 0.302. The fraction of sp³-hybridized carbons (Fsp3) is 0.200. The lowest BCUT2D eigenvalue weighted by molar-refractivity contribution is 0.0601. The van der Waals surface area contributed by atoms with Crippen LogP contribution < -0.4 is 21.4 Å². The Balaban J connectivity index is 2.18. The molecule has 0 saturated carbocycles. The first-order valence-electron chi connectivity index (χ1n) is 10.3. The van der Waals surface area contributed by atoms with Gasteiger partial charge in [-0.2, -0.15) is 0 Å². The van der Waals surface area contributed by atoms with Crippen LogP contribution in [0.15, 0.2) is 59.0 Å². The number of hydrogen-bond acceptors (Lipinski definition) is 5. The Kier molecular flexibility index (Phi) is 5.38. The van der Waals surface area contributed by atoms with Gasteiger partial charge in [-0.25, -0.2) is 9.37 Å². The number of ether oxygens (including phenoxy) is 1. The summed E-state index contributed by atoms with van der Waals surface area (Å²) in [6, 6.07) is 17.0. The Bertz CT molecular complexity index is 1330. The molecule has 2 aromatic rings. The van der Waals surface area contributed by atoms with Crippen LogP contribution in [0.3, 0.4) is 0 Å². The molecule has 0 bridgehead atoms. The van der Waals surface area contributed by atoms with Crippen LogP contribution in [0.5, 0.6) is 0 Å². The zero-order chi connectivity index (χ0) is 22.1. The predicted octanol–water partition coefficient (Wildman–Crippen LogP) is 3.97. The Labute approximate surface area is 180 Å². The molecular formula is C25H26N3O3+. The van der Waals surface area contributed by atoms with E-state index in [1.807, 2.05) is 30.3 Å². The van der Waals surface area contributed by atoms with Crippen molar-refractivity contribution in [3.05, 3.63) is 65.5 Å². The Morgan fingerprint density at radius 1 is 0.968 bits per heavy atom. The monoisotopic (exact) mass is 416 g/mol. The number of fused-ring (bicyclic) bond motifs is 2. The van der Waals surface area contributed by atoms with Crippen LogP contribution >= 0.6 is 0 Å². The van der Waals surface area contributed by atoms with E-state index in [-0.39, 0.29) is 0 Å². The van der Waals surface area contributed by atoms with Crippen molar-refractivity contribution in [2.75, 3.05) is 31.7 Å². The molecule has 0 amide bonds. The van der Waals surface area contributed by atoms with Crippen molar-refractivity contribution in [1.29, 1.82) is 0 Å². The fourth-order valence-electron chi connectivity index (χ4n) is 4.02. The number of nitrogen functional groups attached to an aromatic ring is 2. The molecule has 2 aromatic carbocycles. The van der Waals surface area contributed by atoms with Crippen molar-refractivity contribution in [2.45, 2.75) is 13.8 Å². The number of rotatable bonds is 4. The van der Waals surface area contributed by atoms with E-state index >= 15 is 0 Å². The van der Waals surface area contributed by atoms with Gasteiger partial charge in [-0.05, 0) is 37.6 Å². The number of anilines is 2. The average molecular weight is 417 g/mol. The molecule has 6 heteroatoms. The minimum atomic E-state index is -0.402. The summed E-state index contributed by atoms with van der Waals surface area (Å²) in [6.07, 6.45) is 0. The second-order valence-corrected chi connectivity index (χ2v) is 7.34. The SMILES string of the molecule is CC[N+](CC)=c1ccc2c(-c3ccccc3C(=O)OC)c3cc(N)c(N)cc3oc-2c1. The maximum atomic E-state index is 12.5. The maximum Gasteiger partial charge on any atom is 0.338 e. The molecule has 0 radical (unpaired) electrons. The van der Waals surface area contributed by atoms with Gasteiger partial charge in [0, 0.05) is 28.6 Å². The molecule has 1 aliphatic carbocycles. The van der Waals surface area contributed by atoms with Gasteiger partial charge < -0.3 is 20.6 Å². The van der Waals surface area contributed by atoms with Gasteiger partial charge >= 0.3 is 5.97 Å². The number of carbonyl (C=O) groups excluding carboxylic acids is 1. The first kappa shape index (κ1) is 20.5. The van der Waals surface area contributed by atoms with E-state index in [0.717, 1.165) is 40.5 Å². The highest BCUT2D eigenvalue weighted by atomic mass is 16.5. The topological polar surface area (TPSA) is 94.5 Å². The van der Waals surface area contributed by atoms with Crippen molar-refractivity contribution < 1.29 is 13.9 Å². The number of carbonyl (C=O) groups is 1. The van der Waals surface area contributed by atoms with Crippen LogP contribution in [0.1, 0.15) is 24.2 Å². The second kappa shape index (κ2) is 8.14. The number of nitrogens with zero attached hydrogens (tertiary/aromatic N) is 1. The molecule has 1 aliphatic heterocycles. The van der Waals surface area contributed by atoms with E-state index in [4.69, 9.17) is 20.6 Å². The largest absolute Gasteiger partial charge is 0.465 e. The van der Waals surface area contributed by atoms with Crippen LogP contribution in [0.4, 0.5) is 11.4 Å². The summed E-state index contributed by atoms with van der Waals surface area (Å²) < 4.78 is 13.6. The highest BCUT2D eigenvalue weighted by molar-refractivity contribution is 6.09. The van der Waals surface area contributed by atoms with Gasteiger partial charge in [0.2, 0.25) is 5.36 Å². The van der Waals surface area contributed by atoms with Crippen molar-refractivity contribution in [2.24, 2.45) is 0 Å². The average Bonchev–Trinajstić information content (AvgIpc) is 2.79. The normalized spacial score (nSPS) is 11.1. The molecule has 31 heavy (non-hydrogen) atoms. The summed E-state index contributed by atoms with van der Waals surface area (Å²) in [5.41, 5.74) is 16.7. The highest BCUT2D eigenvalue weighted by Gasteiger charge is 2.23. The Morgan fingerprint density at radius 3 is 2.39 bits per heavy atom. The van der Waals surface area contributed by atoms with Gasteiger partial charge in [-0.1, -0.05) is 18.2 Å². The lowest BCUT2D eigenvalue weighted by Crippen LogP contribution is -2.29. The van der Waals surface area contributed by atoms with Gasteiger partial charge in [-0.15, -0.1) is 0 Å². The molecule has 0 unspecified atom stereocenters. The first-order chi connectivity index (χ1) is 15.0. The molecule has 0 saturated heterocycles. The summed E-state index contributed by atoms with van der Waals surface area (Å²) in [6.45, 7) is 6.01. The summed E-state index contributed by atoms with van der Waals surface area (Å²) in [7, 11) is 1.38. The zero-order valence-corrected chi connectivity index (χ0v) is 17.9. The quantitative estimate of drug-likeness (QED) is 0.227. The van der Waals surface area contributed by atoms with Crippen molar-refractivity contribution >= 4 is 28.3 Å². The van der Waals surface area contributed by atoms with Crippen molar-refractivity contribution in [3.63, 3.8) is 0 Å². The van der Waals surface area contributed by atoms with Crippen LogP contribution in [-0.4, -0.2) is 26.2 Å². The van der Waals surface area contributed by atoms with E-state index in [1.54, 1.807) is 18.2 Å². The maximum absolute atomic E-state index is 12.5. The van der Waals surface area contributed by atoms with Gasteiger partial charge in [0.15, 0.2) is 0 Å². The second-order valence-electron chi connectivity index (χ2n) is 7.34. The minimum Gasteiger partial charge on any atom is -0.465 e. The van der Waals surface area contributed by atoms with E-state index in [1.165, 1.54) is 7.11 Å². The molecule has 0 fully saturated rings. The molecular weight excluding hydrogens is 390 g/mol. The smallest absolute Gasteiger partial charge is 0.338 e. The summed E-state index contributed by atoms with van der Waals surface area (Å²) in [5, 5.41) is 1.85. The molecule has 0 atom stereocenters. The minimum absolute atomic E-state index is 0.402. The molecule has 0 aromatic heterocycles. The molecule has 4 N–H and O–H groups in total. The fourth-order valence-corrected chi connectivity index (χ4v) is 4.02. The van der Waals surface area contributed by atoms with Crippen LogP contribution in [-0.2, 0) is 4.74 Å². The van der Waals surface area contributed by atoms with E-state index in [2.05, 4.69) is 24.5 Å². The standard InChI is InChI=1S/C25H25N3O3/c1-4-28(5-2)15-10-11-18-22(12-15)31-23-14-21(27)20(26)13-19(23)24(18)16-8-6-7-9-17(16)25(29)30-3/h6-14,27H,4-5H2,1-3H3,(H2,26,29)/p+1. The molecule has 0 spiro atoms. The molecule has 158 valence electrons. The van der Waals surface area contributed by atoms with E-state index in [0.29, 0.717) is 28.3 Å². The lowest BCUT2D eigenvalue weighted by Gasteiger charge is -2.18. The first-order valence-corrected chi connectivity index (χ1v) is 10.3. The highest BCUT2D eigenvalue weighted by Crippen LogP contribution is 2.42. The summed E-state index contributed by atoms with van der Waals surface area (Å²) >= 11 is 0. The number of esters is 1. The van der Waals surface area contributed by atoms with Gasteiger partial charge in [0.1, 0.15) is 24.4 Å². The van der Waals surface area contributed by atoms with Crippen molar-refractivity contribution in [1.82, 2.24) is 4.58 Å². The number of hydrogen-bond donors (Lipinski definition) is 2. The van der Waals surface area contributed by atoms with Crippen LogP contribution in [0.25, 0.3) is 33.4 Å². The third kappa shape index (κ3) is 3.50. The third-order valence-electron chi connectivity index (χ3n) is 5.64. The predicted molar refractivity (Wildman–Crippen MR) is 125 cm³/mol. The Morgan fingerprint density at radius 2 is 1.68 bits per heavy atom. The van der Waals surface area contributed by atoms with Gasteiger partial charge in [-0.3, -0.25) is 0 Å².